The number of aromatic nitrogens is 5. The Morgan fingerprint density at radius 3 is 2.61 bits per heavy atom. The zero-order chi connectivity index (χ0) is 20.0. The summed E-state index contributed by atoms with van der Waals surface area (Å²) in [7, 11) is 0. The number of rotatable bonds is 3. The maximum Gasteiger partial charge on any atom is 0.282 e. The topological polar surface area (TPSA) is 114 Å². The summed E-state index contributed by atoms with van der Waals surface area (Å²) in [6.45, 7) is 3.86. The zero-order valence-corrected chi connectivity index (χ0v) is 17.1. The van der Waals surface area contributed by atoms with Crippen LogP contribution in [0.1, 0.15) is 21.1 Å². The number of benzene rings is 1. The van der Waals surface area contributed by atoms with E-state index in [1.165, 1.54) is 11.3 Å². The van der Waals surface area contributed by atoms with Crippen molar-refractivity contribution in [3.63, 3.8) is 0 Å². The molecule has 142 valence electrons. The van der Waals surface area contributed by atoms with Gasteiger partial charge in [0.05, 0.1) is 11.4 Å². The lowest BCUT2D eigenvalue weighted by Crippen LogP contribution is -2.25. The summed E-state index contributed by atoms with van der Waals surface area (Å²) in [4.78, 5) is 30.7. The van der Waals surface area contributed by atoms with Gasteiger partial charge in [0, 0.05) is 15.4 Å². The molecule has 0 aliphatic heterocycles. The number of halogens is 1. The Balaban J connectivity index is 1.69. The highest BCUT2D eigenvalue weighted by Gasteiger charge is 2.19. The van der Waals surface area contributed by atoms with E-state index in [4.69, 9.17) is 0 Å². The van der Waals surface area contributed by atoms with Gasteiger partial charge >= 0.3 is 0 Å². The third kappa shape index (κ3) is 3.18. The van der Waals surface area contributed by atoms with Crippen LogP contribution in [-0.4, -0.2) is 35.4 Å². The number of hydrogen-bond acceptors (Lipinski definition) is 7. The lowest BCUT2D eigenvalue weighted by molar-refractivity contribution is 0.101. The first-order valence-corrected chi connectivity index (χ1v) is 9.68. The lowest BCUT2D eigenvalue weighted by Gasteiger charge is -2.08. The van der Waals surface area contributed by atoms with Crippen LogP contribution in [0.3, 0.4) is 0 Å². The second kappa shape index (κ2) is 6.84. The van der Waals surface area contributed by atoms with Gasteiger partial charge in [0.2, 0.25) is 4.96 Å². The van der Waals surface area contributed by atoms with Crippen molar-refractivity contribution in [2.75, 3.05) is 5.32 Å². The van der Waals surface area contributed by atoms with E-state index in [9.17, 15) is 14.7 Å². The number of fused-ring (bicyclic) bond motifs is 1. The van der Waals surface area contributed by atoms with Crippen molar-refractivity contribution in [3.8, 4) is 11.4 Å². The first kappa shape index (κ1) is 18.3. The van der Waals surface area contributed by atoms with E-state index < -0.39 is 17.2 Å². The Bertz CT molecular complexity index is 1270. The van der Waals surface area contributed by atoms with E-state index in [1.54, 1.807) is 28.8 Å². The largest absolute Gasteiger partial charge is 0.505 e. The highest BCUT2D eigenvalue weighted by molar-refractivity contribution is 9.10. The molecular weight excluding hydrogens is 448 g/mol. The molecule has 0 bridgehead atoms. The predicted molar refractivity (Wildman–Crippen MR) is 107 cm³/mol. The van der Waals surface area contributed by atoms with E-state index in [0.717, 1.165) is 25.8 Å². The summed E-state index contributed by atoms with van der Waals surface area (Å²) in [6, 6.07) is 7.74. The molecule has 4 aromatic rings. The highest BCUT2D eigenvalue weighted by atomic mass is 79.9. The first-order chi connectivity index (χ1) is 13.3. The van der Waals surface area contributed by atoms with Crippen LogP contribution >= 0.6 is 27.3 Å². The molecule has 0 atom stereocenters. The van der Waals surface area contributed by atoms with Crippen LogP contribution in [0.25, 0.3) is 10.6 Å². The van der Waals surface area contributed by atoms with Crippen LogP contribution in [0, 0.1) is 13.8 Å². The molecule has 3 heterocycles. The zero-order valence-electron chi connectivity index (χ0n) is 14.7. The van der Waals surface area contributed by atoms with Crippen molar-refractivity contribution < 1.29 is 9.90 Å². The number of amides is 1. The summed E-state index contributed by atoms with van der Waals surface area (Å²) in [6.07, 6.45) is 0. The van der Waals surface area contributed by atoms with Gasteiger partial charge in [-0.3, -0.25) is 14.9 Å². The third-order valence-corrected chi connectivity index (χ3v) is 5.65. The molecule has 0 aliphatic rings. The molecule has 0 saturated carbocycles. The summed E-state index contributed by atoms with van der Waals surface area (Å²) < 4.78 is 3.50. The van der Waals surface area contributed by atoms with E-state index in [1.807, 2.05) is 13.8 Å². The number of thiazole rings is 1. The molecule has 3 aromatic heterocycles. The van der Waals surface area contributed by atoms with Crippen molar-refractivity contribution in [1.82, 2.24) is 24.4 Å². The van der Waals surface area contributed by atoms with Gasteiger partial charge in [-0.1, -0.05) is 27.3 Å². The van der Waals surface area contributed by atoms with E-state index >= 15 is 0 Å². The van der Waals surface area contributed by atoms with E-state index in [2.05, 4.69) is 36.4 Å². The Hall–Kier alpha value is -3.05. The summed E-state index contributed by atoms with van der Waals surface area (Å²) >= 11 is 4.77. The second-order valence-corrected chi connectivity index (χ2v) is 8.03. The molecule has 9 nitrogen and oxygen atoms in total. The number of hydrogen-bond donors (Lipinski definition) is 2. The minimum atomic E-state index is -0.726. The van der Waals surface area contributed by atoms with Gasteiger partial charge in [-0.2, -0.15) is 14.8 Å². The van der Waals surface area contributed by atoms with Crippen molar-refractivity contribution >= 4 is 44.1 Å². The molecule has 0 aliphatic carbocycles. The lowest BCUT2D eigenvalue weighted by atomic mass is 10.3. The molecule has 4 rings (SSSR count). The minimum absolute atomic E-state index is 0.0851. The highest BCUT2D eigenvalue weighted by Crippen LogP contribution is 2.22. The quantitative estimate of drug-likeness (QED) is 0.485. The number of anilines is 1. The second-order valence-electron chi connectivity index (χ2n) is 5.93. The van der Waals surface area contributed by atoms with Crippen molar-refractivity contribution in [3.05, 3.63) is 61.4 Å². The number of carbonyl (C=O) groups excluding carboxylic acids is 1. The molecule has 2 N–H and O–H groups in total. The van der Waals surface area contributed by atoms with Gasteiger partial charge in [0.1, 0.15) is 0 Å². The van der Waals surface area contributed by atoms with Crippen LogP contribution in [0.15, 0.2) is 39.6 Å². The summed E-state index contributed by atoms with van der Waals surface area (Å²) in [5.41, 5.74) is 0.503. The van der Waals surface area contributed by atoms with E-state index in [0.29, 0.717) is 10.6 Å². The molecule has 11 heteroatoms. The Morgan fingerprint density at radius 1 is 1.21 bits per heavy atom. The van der Waals surface area contributed by atoms with Gasteiger partial charge < -0.3 is 5.11 Å². The van der Waals surface area contributed by atoms with Crippen LogP contribution in [0.5, 0.6) is 5.75 Å². The van der Waals surface area contributed by atoms with Crippen LogP contribution in [-0.2, 0) is 0 Å². The fourth-order valence-corrected chi connectivity index (χ4v) is 3.70. The number of nitrogens with zero attached hydrogens (tertiary/aromatic N) is 5. The molecule has 0 saturated heterocycles. The Labute approximate surface area is 170 Å². The molecule has 28 heavy (non-hydrogen) atoms. The summed E-state index contributed by atoms with van der Waals surface area (Å²) in [5.74, 6) is -1.16. The maximum atomic E-state index is 12.6. The van der Waals surface area contributed by atoms with Gasteiger partial charge in [-0.25, -0.2) is 4.52 Å². The molecule has 0 spiro atoms. The van der Waals surface area contributed by atoms with Gasteiger partial charge in [-0.05, 0) is 38.1 Å². The van der Waals surface area contributed by atoms with Crippen LogP contribution in [0.2, 0.25) is 0 Å². The first-order valence-electron chi connectivity index (χ1n) is 8.07. The average Bonchev–Trinajstić information content (AvgIpc) is 3.14. The Morgan fingerprint density at radius 2 is 1.93 bits per heavy atom. The van der Waals surface area contributed by atoms with E-state index in [-0.39, 0.29) is 11.6 Å². The van der Waals surface area contributed by atoms with Crippen LogP contribution < -0.4 is 10.9 Å². The minimum Gasteiger partial charge on any atom is -0.505 e. The fourth-order valence-electron chi connectivity index (χ4n) is 2.53. The van der Waals surface area contributed by atoms with Crippen molar-refractivity contribution in [1.29, 1.82) is 0 Å². The molecule has 0 unspecified atom stereocenters. The molecule has 1 aromatic carbocycles. The smallest absolute Gasteiger partial charge is 0.282 e. The summed E-state index contributed by atoms with van der Waals surface area (Å²) in [5, 5.41) is 20.8. The molecular formula is C17H13BrN6O3S. The Kier molecular flexibility index (Phi) is 4.47. The average molecular weight is 461 g/mol. The number of aromatic hydroxyl groups is 1. The van der Waals surface area contributed by atoms with Crippen LogP contribution in [0.4, 0.5) is 5.95 Å². The third-order valence-electron chi connectivity index (χ3n) is 4.07. The van der Waals surface area contributed by atoms with Gasteiger partial charge in [-0.15, -0.1) is 5.10 Å². The number of carbonyl (C=O) groups is 1. The predicted octanol–water partition coefficient (Wildman–Crippen LogP) is 2.67. The standard InChI is InChI=1S/C17H13BrN6O3S/c1-8-9(2)28-17-20-16(22-23(8)17)19-15(27)14-12(25)7-13(26)24(21-14)11-5-3-10(18)4-6-11/h3-7,25H,1-2H3,(H,19,22,27). The molecule has 0 radical (unpaired) electrons. The fraction of sp³-hybridized carbons (Fsp3) is 0.118. The monoisotopic (exact) mass is 460 g/mol. The maximum absolute atomic E-state index is 12.6. The van der Waals surface area contributed by atoms with Gasteiger partial charge in [0.15, 0.2) is 11.4 Å². The SMILES string of the molecule is Cc1sc2nc(NC(=O)c3nn(-c4ccc(Br)cc4)c(=O)cc3O)nn2c1C. The number of aryl methyl sites for hydroxylation is 2. The molecule has 1 amide bonds. The van der Waals surface area contributed by atoms with Crippen molar-refractivity contribution in [2.24, 2.45) is 0 Å². The molecule has 0 fully saturated rings. The van der Waals surface area contributed by atoms with Gasteiger partial charge in [0.25, 0.3) is 17.4 Å². The van der Waals surface area contributed by atoms with Crippen molar-refractivity contribution in [2.45, 2.75) is 13.8 Å². The number of nitrogens with one attached hydrogen (secondary N) is 1. The normalized spacial score (nSPS) is 11.1.